The van der Waals surface area contributed by atoms with E-state index in [0.717, 1.165) is 12.1 Å². The van der Waals surface area contributed by atoms with Crippen molar-refractivity contribution in [1.29, 1.82) is 0 Å². The van der Waals surface area contributed by atoms with Crippen molar-refractivity contribution in [1.82, 2.24) is 9.97 Å². The smallest absolute Gasteiger partial charge is 0.435 e. The minimum atomic E-state index is -4.83. The first-order valence-corrected chi connectivity index (χ1v) is 9.12. The number of hydrogen-bond acceptors (Lipinski definition) is 6. The van der Waals surface area contributed by atoms with E-state index < -0.39 is 24.2 Å². The molecule has 3 rings (SSSR count). The Bertz CT molecular complexity index is 978. The third-order valence-corrected chi connectivity index (χ3v) is 4.68. The zero-order chi connectivity index (χ0) is 21.4. The number of ether oxygens (including phenoxy) is 1. The van der Waals surface area contributed by atoms with Crippen LogP contribution in [-0.4, -0.2) is 34.4 Å². The summed E-state index contributed by atoms with van der Waals surface area (Å²) in [4.78, 5) is 24.8. The van der Waals surface area contributed by atoms with Gasteiger partial charge in [0.05, 0.1) is 24.3 Å². The Morgan fingerprint density at radius 3 is 2.48 bits per heavy atom. The van der Waals surface area contributed by atoms with Gasteiger partial charge in [-0.15, -0.1) is 0 Å². The number of rotatable bonds is 4. The predicted molar refractivity (Wildman–Crippen MR) is 99.2 cm³/mol. The molecule has 29 heavy (non-hydrogen) atoms. The molecule has 6 nitrogen and oxygen atoms in total. The van der Waals surface area contributed by atoms with Crippen molar-refractivity contribution in [2.45, 2.75) is 32.0 Å². The maximum Gasteiger partial charge on any atom is 0.435 e. The van der Waals surface area contributed by atoms with Gasteiger partial charge in [0.1, 0.15) is 5.71 Å². The van der Waals surface area contributed by atoms with E-state index in [4.69, 9.17) is 32.8 Å². The number of oxime groups is 1. The van der Waals surface area contributed by atoms with E-state index in [1.165, 1.54) is 19.2 Å². The molecule has 0 saturated carbocycles. The maximum atomic E-state index is 14.0. The minimum absolute atomic E-state index is 0.0269. The molecule has 1 aliphatic rings. The fourth-order valence-electron chi connectivity index (χ4n) is 2.83. The molecule has 2 heterocycles. The molecule has 0 fully saturated rings. The van der Waals surface area contributed by atoms with E-state index in [9.17, 15) is 18.0 Å². The third-order valence-electron chi connectivity index (χ3n) is 4.25. The summed E-state index contributed by atoms with van der Waals surface area (Å²) in [5, 5.41) is 3.64. The number of benzene rings is 1. The van der Waals surface area contributed by atoms with Gasteiger partial charge in [-0.05, 0) is 32.0 Å². The summed E-state index contributed by atoms with van der Waals surface area (Å²) in [5.41, 5.74) is -2.85. The monoisotopic (exact) mass is 447 g/mol. The van der Waals surface area contributed by atoms with E-state index in [0.29, 0.717) is 0 Å². The van der Waals surface area contributed by atoms with Crippen LogP contribution in [0, 0.1) is 6.92 Å². The lowest BCUT2D eigenvalue weighted by molar-refractivity contribution is -0.275. The van der Waals surface area contributed by atoms with Gasteiger partial charge in [-0.2, -0.15) is 13.2 Å². The van der Waals surface area contributed by atoms with Gasteiger partial charge in [-0.1, -0.05) is 28.4 Å². The first-order valence-electron chi connectivity index (χ1n) is 8.37. The highest BCUT2D eigenvalue weighted by atomic mass is 35.5. The number of hydrogen-bond donors (Lipinski definition) is 0. The summed E-state index contributed by atoms with van der Waals surface area (Å²) >= 11 is 11.7. The number of nitrogens with zero attached hydrogens (tertiary/aromatic N) is 3. The Hall–Kier alpha value is -2.39. The quantitative estimate of drug-likeness (QED) is 0.626. The highest BCUT2D eigenvalue weighted by molar-refractivity contribution is 6.34. The number of carbonyl (C=O) groups excluding carboxylic acids is 1. The lowest BCUT2D eigenvalue weighted by Gasteiger charge is -2.29. The van der Waals surface area contributed by atoms with E-state index >= 15 is 0 Å². The molecule has 0 spiro atoms. The summed E-state index contributed by atoms with van der Waals surface area (Å²) < 4.78 is 46.9. The number of alkyl halides is 3. The van der Waals surface area contributed by atoms with E-state index in [-0.39, 0.29) is 45.0 Å². The number of aromatic nitrogens is 2. The topological polar surface area (TPSA) is 73.7 Å². The molecule has 1 aromatic carbocycles. The number of esters is 1. The van der Waals surface area contributed by atoms with Crippen molar-refractivity contribution >= 4 is 34.9 Å². The maximum absolute atomic E-state index is 14.0. The Labute approximate surface area is 173 Å². The molecule has 2 aromatic rings. The summed E-state index contributed by atoms with van der Waals surface area (Å²) in [6.45, 7) is 3.32. The van der Waals surface area contributed by atoms with Crippen molar-refractivity contribution in [2.75, 3.05) is 6.61 Å². The van der Waals surface area contributed by atoms with Crippen LogP contribution < -0.4 is 0 Å². The highest BCUT2D eigenvalue weighted by Gasteiger charge is 2.62. The number of halogens is 5. The van der Waals surface area contributed by atoms with E-state index in [1.807, 2.05) is 0 Å². The molecule has 0 N–H and O–H groups in total. The third kappa shape index (κ3) is 4.02. The highest BCUT2D eigenvalue weighted by Crippen LogP contribution is 2.49. The molecule has 1 aromatic heterocycles. The zero-order valence-electron chi connectivity index (χ0n) is 15.2. The molecular weight excluding hydrogens is 434 g/mol. The van der Waals surface area contributed by atoms with Crippen LogP contribution in [0.4, 0.5) is 13.2 Å². The fraction of sp³-hybridized carbons (Fsp3) is 0.333. The molecular formula is C18H14Cl2F3N3O3. The van der Waals surface area contributed by atoms with E-state index in [2.05, 4.69) is 15.1 Å². The summed E-state index contributed by atoms with van der Waals surface area (Å²) in [6.07, 6.45) is -4.33. The second-order valence-electron chi connectivity index (χ2n) is 6.20. The molecule has 1 unspecified atom stereocenters. The van der Waals surface area contributed by atoms with Crippen LogP contribution in [0.25, 0.3) is 0 Å². The van der Waals surface area contributed by atoms with Crippen LogP contribution in [0.5, 0.6) is 0 Å². The van der Waals surface area contributed by atoms with Crippen molar-refractivity contribution < 1.29 is 27.5 Å². The first-order chi connectivity index (χ1) is 13.6. The van der Waals surface area contributed by atoms with Gasteiger partial charge in [0.15, 0.2) is 5.82 Å². The SMILES string of the molecule is CCOC(=O)c1cnc(C2=NOC(c3cc(Cl)cc(Cl)c3)(C(F)(F)F)C2)nc1C. The largest absolute Gasteiger partial charge is 0.462 e. The van der Waals surface area contributed by atoms with Crippen LogP contribution in [0.15, 0.2) is 29.6 Å². The average molecular weight is 448 g/mol. The molecule has 0 saturated heterocycles. The Morgan fingerprint density at radius 2 is 1.93 bits per heavy atom. The summed E-state index contributed by atoms with van der Waals surface area (Å²) in [5.74, 6) is -0.714. The van der Waals surface area contributed by atoms with Crippen molar-refractivity contribution in [3.8, 4) is 0 Å². The van der Waals surface area contributed by atoms with Gasteiger partial charge in [0.25, 0.3) is 5.60 Å². The summed E-state index contributed by atoms with van der Waals surface area (Å²) in [6, 6.07) is 3.55. The van der Waals surface area contributed by atoms with Gasteiger partial charge in [-0.25, -0.2) is 14.8 Å². The molecule has 0 radical (unpaired) electrons. The van der Waals surface area contributed by atoms with Gasteiger partial charge in [0, 0.05) is 21.8 Å². The fourth-order valence-corrected chi connectivity index (χ4v) is 3.35. The van der Waals surface area contributed by atoms with Crippen LogP contribution in [0.2, 0.25) is 10.0 Å². The number of aryl methyl sites for hydroxylation is 1. The van der Waals surface area contributed by atoms with Crippen LogP contribution in [0.1, 0.15) is 40.8 Å². The molecule has 1 atom stereocenters. The Kier molecular flexibility index (Phi) is 5.73. The molecule has 11 heteroatoms. The molecule has 1 aliphatic heterocycles. The molecule has 0 aliphatic carbocycles. The lowest BCUT2D eigenvalue weighted by Crippen LogP contribution is -2.42. The summed E-state index contributed by atoms with van der Waals surface area (Å²) in [7, 11) is 0. The van der Waals surface area contributed by atoms with Gasteiger partial charge < -0.3 is 9.57 Å². The molecule has 154 valence electrons. The number of carbonyl (C=O) groups is 1. The van der Waals surface area contributed by atoms with Crippen molar-refractivity contribution in [2.24, 2.45) is 5.16 Å². The van der Waals surface area contributed by atoms with Crippen molar-refractivity contribution in [3.63, 3.8) is 0 Å². The first kappa shape index (κ1) is 21.3. The zero-order valence-corrected chi connectivity index (χ0v) is 16.7. The van der Waals surface area contributed by atoms with Gasteiger partial charge in [-0.3, -0.25) is 0 Å². The van der Waals surface area contributed by atoms with Gasteiger partial charge >= 0.3 is 12.1 Å². The van der Waals surface area contributed by atoms with Crippen LogP contribution in [0.3, 0.4) is 0 Å². The van der Waals surface area contributed by atoms with E-state index in [1.54, 1.807) is 6.92 Å². The Balaban J connectivity index is 1.97. The van der Waals surface area contributed by atoms with Crippen molar-refractivity contribution in [3.05, 3.63) is 57.1 Å². The Morgan fingerprint density at radius 1 is 1.28 bits per heavy atom. The minimum Gasteiger partial charge on any atom is -0.462 e. The van der Waals surface area contributed by atoms with Crippen LogP contribution in [-0.2, 0) is 15.2 Å². The standard InChI is InChI=1S/C18H14Cl2F3N3O3/c1-3-28-16(27)13-8-24-15(25-9(13)2)14-7-17(29-26-14,18(21,22)23)10-4-11(19)6-12(20)5-10/h4-6,8H,3,7H2,1-2H3. The molecule has 0 bridgehead atoms. The predicted octanol–water partition coefficient (Wildman–Crippen LogP) is 4.85. The van der Waals surface area contributed by atoms with Gasteiger partial charge in [0.2, 0.25) is 0 Å². The lowest BCUT2D eigenvalue weighted by atomic mass is 9.88. The second-order valence-corrected chi connectivity index (χ2v) is 7.07. The average Bonchev–Trinajstić information content (AvgIpc) is 3.07. The van der Waals surface area contributed by atoms with Crippen LogP contribution >= 0.6 is 23.2 Å². The normalized spacial score (nSPS) is 18.9. The second kappa shape index (κ2) is 7.79. The molecule has 0 amide bonds.